The van der Waals surface area contributed by atoms with Crippen molar-refractivity contribution in [2.45, 2.75) is 32.2 Å². The molecule has 18 heavy (non-hydrogen) atoms. The van der Waals surface area contributed by atoms with Gasteiger partial charge in [0.15, 0.2) is 0 Å². The highest BCUT2D eigenvalue weighted by atomic mass is 16.6. The van der Waals surface area contributed by atoms with Gasteiger partial charge in [-0.05, 0) is 38.3 Å². The minimum Gasteiger partial charge on any atom is -0.333 e. The molecule has 0 aromatic heterocycles. The van der Waals surface area contributed by atoms with Crippen LogP contribution in [-0.4, -0.2) is 30.0 Å². The number of carbonyl (C=O) groups excluding carboxylic acids is 1. The maximum absolute atomic E-state index is 12.5. The second kappa shape index (κ2) is 5.98. The molecular formula is C14H20N2O2. The average molecular weight is 248 g/mol. The molecule has 1 aromatic carbocycles. The third-order valence-corrected chi connectivity index (χ3v) is 3.44. The van der Waals surface area contributed by atoms with Crippen molar-refractivity contribution in [3.8, 4) is 0 Å². The number of hydrogen-bond acceptors (Lipinski definition) is 3. The molecule has 2 N–H and O–H groups in total. The van der Waals surface area contributed by atoms with Gasteiger partial charge in [0, 0.05) is 12.1 Å². The summed E-state index contributed by atoms with van der Waals surface area (Å²) in [5, 5.41) is 0. The Bertz CT molecular complexity index is 418. The van der Waals surface area contributed by atoms with Gasteiger partial charge in [-0.3, -0.25) is 4.79 Å². The van der Waals surface area contributed by atoms with Gasteiger partial charge in [-0.2, -0.15) is 0 Å². The summed E-state index contributed by atoms with van der Waals surface area (Å²) in [5.41, 5.74) is 1.85. The number of aryl methyl sites for hydroxylation is 1. The lowest BCUT2D eigenvalue weighted by Crippen LogP contribution is -2.46. The standard InChI is InChI=1S/C14H20N2O2/c1-11-5-4-6-12(9-11)14(17)16-8-3-2-7-13(16)10-18-15/h4-6,9,13H,2-3,7-8,10,15H2,1H3. The normalized spacial score (nSPS) is 19.9. The van der Waals surface area contributed by atoms with E-state index in [-0.39, 0.29) is 11.9 Å². The van der Waals surface area contributed by atoms with Crippen LogP contribution in [0.2, 0.25) is 0 Å². The van der Waals surface area contributed by atoms with Crippen molar-refractivity contribution in [3.05, 3.63) is 35.4 Å². The van der Waals surface area contributed by atoms with Gasteiger partial charge in [0.05, 0.1) is 12.6 Å². The van der Waals surface area contributed by atoms with Crippen LogP contribution in [0.4, 0.5) is 0 Å². The van der Waals surface area contributed by atoms with E-state index in [0.29, 0.717) is 6.61 Å². The van der Waals surface area contributed by atoms with E-state index in [0.717, 1.165) is 36.9 Å². The minimum absolute atomic E-state index is 0.0838. The summed E-state index contributed by atoms with van der Waals surface area (Å²) in [5.74, 6) is 5.23. The topological polar surface area (TPSA) is 55.6 Å². The molecule has 1 amide bonds. The van der Waals surface area contributed by atoms with Crippen molar-refractivity contribution in [3.63, 3.8) is 0 Å². The molecule has 1 fully saturated rings. The van der Waals surface area contributed by atoms with Crippen LogP contribution in [0.1, 0.15) is 35.2 Å². The SMILES string of the molecule is Cc1cccc(C(=O)N2CCCCC2CON)c1. The van der Waals surface area contributed by atoms with Crippen LogP contribution in [0, 0.1) is 6.92 Å². The quantitative estimate of drug-likeness (QED) is 0.831. The van der Waals surface area contributed by atoms with E-state index in [1.165, 1.54) is 0 Å². The van der Waals surface area contributed by atoms with Gasteiger partial charge in [0.1, 0.15) is 0 Å². The molecule has 0 radical (unpaired) electrons. The number of nitrogens with zero attached hydrogens (tertiary/aromatic N) is 1. The molecule has 2 rings (SSSR count). The molecule has 0 saturated carbocycles. The molecule has 4 nitrogen and oxygen atoms in total. The second-order valence-corrected chi connectivity index (χ2v) is 4.85. The number of likely N-dealkylation sites (tertiary alicyclic amines) is 1. The molecule has 1 atom stereocenters. The van der Waals surface area contributed by atoms with Crippen molar-refractivity contribution in [2.75, 3.05) is 13.2 Å². The zero-order valence-electron chi connectivity index (χ0n) is 10.8. The fourth-order valence-corrected chi connectivity index (χ4v) is 2.50. The number of benzene rings is 1. The molecule has 0 bridgehead atoms. The fraction of sp³-hybridized carbons (Fsp3) is 0.500. The van der Waals surface area contributed by atoms with E-state index in [1.807, 2.05) is 36.1 Å². The number of piperidine rings is 1. The molecule has 1 aromatic rings. The van der Waals surface area contributed by atoms with Crippen molar-refractivity contribution in [1.29, 1.82) is 0 Å². The fourth-order valence-electron chi connectivity index (χ4n) is 2.50. The van der Waals surface area contributed by atoms with Crippen LogP contribution in [0.25, 0.3) is 0 Å². The van der Waals surface area contributed by atoms with Crippen LogP contribution in [0.15, 0.2) is 24.3 Å². The van der Waals surface area contributed by atoms with E-state index >= 15 is 0 Å². The summed E-state index contributed by atoms with van der Waals surface area (Å²) in [6.45, 7) is 3.20. The van der Waals surface area contributed by atoms with Crippen LogP contribution in [0.5, 0.6) is 0 Å². The lowest BCUT2D eigenvalue weighted by Gasteiger charge is -2.35. The maximum Gasteiger partial charge on any atom is 0.254 e. The first-order chi connectivity index (χ1) is 8.72. The highest BCUT2D eigenvalue weighted by Crippen LogP contribution is 2.20. The molecule has 1 saturated heterocycles. The van der Waals surface area contributed by atoms with Crippen molar-refractivity contribution in [2.24, 2.45) is 5.90 Å². The zero-order valence-corrected chi connectivity index (χ0v) is 10.8. The van der Waals surface area contributed by atoms with E-state index in [9.17, 15) is 4.79 Å². The third kappa shape index (κ3) is 2.89. The molecule has 98 valence electrons. The molecule has 0 spiro atoms. The number of rotatable bonds is 3. The van der Waals surface area contributed by atoms with Gasteiger partial charge in [0.25, 0.3) is 5.91 Å². The van der Waals surface area contributed by atoms with Crippen molar-refractivity contribution in [1.82, 2.24) is 4.90 Å². The van der Waals surface area contributed by atoms with Crippen molar-refractivity contribution >= 4 is 5.91 Å². The van der Waals surface area contributed by atoms with Crippen LogP contribution < -0.4 is 5.90 Å². The summed E-state index contributed by atoms with van der Waals surface area (Å²) >= 11 is 0. The van der Waals surface area contributed by atoms with Crippen molar-refractivity contribution < 1.29 is 9.63 Å². The van der Waals surface area contributed by atoms with E-state index in [1.54, 1.807) is 0 Å². The Morgan fingerprint density at radius 1 is 1.50 bits per heavy atom. The summed E-state index contributed by atoms with van der Waals surface area (Å²) < 4.78 is 0. The largest absolute Gasteiger partial charge is 0.333 e. The Morgan fingerprint density at radius 2 is 2.33 bits per heavy atom. The number of hydrogen-bond donors (Lipinski definition) is 1. The zero-order chi connectivity index (χ0) is 13.0. The number of nitrogens with two attached hydrogens (primary N) is 1. The third-order valence-electron chi connectivity index (χ3n) is 3.44. The summed E-state index contributed by atoms with van der Waals surface area (Å²) in [4.78, 5) is 19.1. The highest BCUT2D eigenvalue weighted by Gasteiger charge is 2.27. The Hall–Kier alpha value is -1.39. The minimum atomic E-state index is 0.0838. The van der Waals surface area contributed by atoms with Gasteiger partial charge in [-0.25, -0.2) is 5.90 Å². The highest BCUT2D eigenvalue weighted by molar-refractivity contribution is 5.94. The predicted octanol–water partition coefficient (Wildman–Crippen LogP) is 1.88. The first-order valence-electron chi connectivity index (χ1n) is 6.41. The molecule has 0 aliphatic carbocycles. The van der Waals surface area contributed by atoms with E-state index in [4.69, 9.17) is 10.7 Å². The van der Waals surface area contributed by atoms with E-state index < -0.39 is 0 Å². The molecular weight excluding hydrogens is 228 g/mol. The smallest absolute Gasteiger partial charge is 0.254 e. The molecule has 4 heteroatoms. The first-order valence-corrected chi connectivity index (χ1v) is 6.41. The van der Waals surface area contributed by atoms with Gasteiger partial charge in [-0.1, -0.05) is 17.7 Å². The van der Waals surface area contributed by atoms with Crippen LogP contribution >= 0.6 is 0 Å². The van der Waals surface area contributed by atoms with Gasteiger partial charge < -0.3 is 9.74 Å². The lowest BCUT2D eigenvalue weighted by molar-refractivity contribution is 0.0313. The van der Waals surface area contributed by atoms with Gasteiger partial charge in [0.2, 0.25) is 0 Å². The Balaban J connectivity index is 2.15. The Labute approximate surface area is 108 Å². The molecule has 1 unspecified atom stereocenters. The second-order valence-electron chi connectivity index (χ2n) is 4.85. The van der Waals surface area contributed by atoms with Crippen LogP contribution in [0.3, 0.4) is 0 Å². The monoisotopic (exact) mass is 248 g/mol. The molecule has 1 heterocycles. The predicted molar refractivity (Wildman–Crippen MR) is 70.0 cm³/mol. The lowest BCUT2D eigenvalue weighted by atomic mass is 10.0. The summed E-state index contributed by atoms with van der Waals surface area (Å²) in [6, 6.07) is 7.81. The maximum atomic E-state index is 12.5. The molecule has 1 aliphatic rings. The average Bonchev–Trinajstić information content (AvgIpc) is 2.39. The van der Waals surface area contributed by atoms with Crippen LogP contribution in [-0.2, 0) is 4.84 Å². The summed E-state index contributed by atoms with van der Waals surface area (Å²) in [7, 11) is 0. The Morgan fingerprint density at radius 3 is 3.06 bits per heavy atom. The summed E-state index contributed by atoms with van der Waals surface area (Å²) in [6.07, 6.45) is 3.15. The Kier molecular flexibility index (Phi) is 4.33. The van der Waals surface area contributed by atoms with Gasteiger partial charge >= 0.3 is 0 Å². The molecule has 1 aliphatic heterocycles. The van der Waals surface area contributed by atoms with Gasteiger partial charge in [-0.15, -0.1) is 0 Å². The first kappa shape index (κ1) is 13.1. The van der Waals surface area contributed by atoms with E-state index in [2.05, 4.69) is 0 Å². The number of amides is 1. The number of carbonyl (C=O) groups is 1.